The van der Waals surface area contributed by atoms with Gasteiger partial charge in [-0.15, -0.1) is 0 Å². The Balaban J connectivity index is 1.87. The summed E-state index contributed by atoms with van der Waals surface area (Å²) in [6, 6.07) is 13.3. The molecule has 3 aromatic carbocycles. The number of ether oxygens (including phenoxy) is 2. The van der Waals surface area contributed by atoms with Crippen molar-refractivity contribution in [2.24, 2.45) is 0 Å². The second-order valence-corrected chi connectivity index (χ2v) is 7.80. The predicted molar refractivity (Wildman–Crippen MR) is 125 cm³/mol. The summed E-state index contributed by atoms with van der Waals surface area (Å²) in [5.74, 6) is -2.67. The highest BCUT2D eigenvalue weighted by atomic mass is 19.2. The minimum absolute atomic E-state index is 0.00912. The Hall–Kier alpha value is -4.20. The summed E-state index contributed by atoms with van der Waals surface area (Å²) in [6.07, 6.45) is 0. The zero-order chi connectivity index (χ0) is 24.6. The van der Waals surface area contributed by atoms with Crippen LogP contribution in [0.5, 0.6) is 11.5 Å². The van der Waals surface area contributed by atoms with Gasteiger partial charge in [0, 0.05) is 12.1 Å². The maximum atomic E-state index is 13.9. The van der Waals surface area contributed by atoms with Crippen LogP contribution < -0.4 is 19.7 Å². The lowest BCUT2D eigenvalue weighted by molar-refractivity contribution is -0.120. The third kappa shape index (κ3) is 3.98. The van der Waals surface area contributed by atoms with E-state index < -0.39 is 23.4 Å². The van der Waals surface area contributed by atoms with E-state index in [2.05, 4.69) is 5.32 Å². The van der Waals surface area contributed by atoms with Gasteiger partial charge in [-0.1, -0.05) is 23.8 Å². The van der Waals surface area contributed by atoms with Crippen LogP contribution in [0.2, 0.25) is 0 Å². The molecule has 1 N–H and O–H groups in total. The van der Waals surface area contributed by atoms with Crippen molar-refractivity contribution in [2.75, 3.05) is 24.4 Å². The van der Waals surface area contributed by atoms with Gasteiger partial charge in [0.1, 0.15) is 17.2 Å². The minimum atomic E-state index is -1.16. The van der Waals surface area contributed by atoms with Crippen LogP contribution in [0.15, 0.2) is 60.3 Å². The SMILES string of the molecule is COc1ccc(NC2=C(c3ccc(C)cc3C)C(=O)N(c3ccc(F)c(F)c3)C2=O)c(OC)c1. The van der Waals surface area contributed by atoms with Crippen LogP contribution in [0.1, 0.15) is 16.7 Å². The van der Waals surface area contributed by atoms with Crippen LogP contribution in [-0.4, -0.2) is 26.0 Å². The second-order valence-electron chi connectivity index (χ2n) is 7.80. The molecule has 2 amide bonds. The Bertz CT molecular complexity index is 1350. The van der Waals surface area contributed by atoms with Gasteiger partial charge in [-0.05, 0) is 49.2 Å². The first-order chi connectivity index (χ1) is 16.2. The first-order valence-corrected chi connectivity index (χ1v) is 10.4. The maximum Gasteiger partial charge on any atom is 0.282 e. The van der Waals surface area contributed by atoms with Crippen LogP contribution >= 0.6 is 0 Å². The molecule has 0 fully saturated rings. The fraction of sp³-hybridized carbons (Fsp3) is 0.154. The number of amides is 2. The van der Waals surface area contributed by atoms with Crippen molar-refractivity contribution in [2.45, 2.75) is 13.8 Å². The molecule has 8 heteroatoms. The molecule has 4 rings (SSSR count). The van der Waals surface area contributed by atoms with E-state index in [1.54, 1.807) is 24.3 Å². The molecule has 3 aromatic rings. The van der Waals surface area contributed by atoms with E-state index in [9.17, 15) is 18.4 Å². The molecule has 0 saturated heterocycles. The van der Waals surface area contributed by atoms with Gasteiger partial charge in [0.05, 0.1) is 31.2 Å². The Morgan fingerprint density at radius 3 is 2.24 bits per heavy atom. The third-order valence-corrected chi connectivity index (χ3v) is 5.56. The molecule has 1 aliphatic rings. The fourth-order valence-corrected chi connectivity index (χ4v) is 3.88. The summed E-state index contributed by atoms with van der Waals surface area (Å²) in [6.45, 7) is 3.75. The van der Waals surface area contributed by atoms with Gasteiger partial charge in [0.2, 0.25) is 0 Å². The molecule has 0 unspecified atom stereocenters. The minimum Gasteiger partial charge on any atom is -0.497 e. The summed E-state index contributed by atoms with van der Waals surface area (Å²) in [4.78, 5) is 27.9. The number of carbonyl (C=O) groups excluding carboxylic acids is 2. The number of hydrogen-bond donors (Lipinski definition) is 1. The number of imide groups is 1. The molecule has 0 aliphatic carbocycles. The number of benzene rings is 3. The number of aryl methyl sites for hydroxylation is 2. The molecule has 0 spiro atoms. The molecule has 1 heterocycles. The molecule has 6 nitrogen and oxygen atoms in total. The van der Waals surface area contributed by atoms with E-state index in [-0.39, 0.29) is 17.0 Å². The largest absolute Gasteiger partial charge is 0.497 e. The lowest BCUT2D eigenvalue weighted by Crippen LogP contribution is -2.32. The predicted octanol–water partition coefficient (Wildman–Crippen LogP) is 5.00. The highest BCUT2D eigenvalue weighted by Gasteiger charge is 2.41. The standard InChI is InChI=1S/C26H22F2N2O4/c1-14-5-8-18(15(2)11-14)23-24(29-21-10-7-17(33-3)13-22(21)34-4)26(32)30(25(23)31)16-6-9-19(27)20(28)12-16/h5-13,29H,1-4H3. The smallest absolute Gasteiger partial charge is 0.282 e. The normalized spacial score (nSPS) is 13.5. The van der Waals surface area contributed by atoms with Crippen molar-refractivity contribution < 1.29 is 27.8 Å². The van der Waals surface area contributed by atoms with Gasteiger partial charge in [0.15, 0.2) is 11.6 Å². The van der Waals surface area contributed by atoms with E-state index in [4.69, 9.17) is 9.47 Å². The zero-order valence-corrected chi connectivity index (χ0v) is 19.0. The van der Waals surface area contributed by atoms with Gasteiger partial charge in [-0.3, -0.25) is 9.59 Å². The second kappa shape index (κ2) is 8.97. The Morgan fingerprint density at radius 1 is 0.824 bits per heavy atom. The van der Waals surface area contributed by atoms with Gasteiger partial charge in [0.25, 0.3) is 11.8 Å². The third-order valence-electron chi connectivity index (χ3n) is 5.56. The summed E-state index contributed by atoms with van der Waals surface area (Å²) in [7, 11) is 2.98. The van der Waals surface area contributed by atoms with Gasteiger partial charge in [-0.2, -0.15) is 0 Å². The highest BCUT2D eigenvalue weighted by molar-refractivity contribution is 6.46. The van der Waals surface area contributed by atoms with Gasteiger partial charge in [-0.25, -0.2) is 13.7 Å². The van der Waals surface area contributed by atoms with Crippen molar-refractivity contribution >= 4 is 28.8 Å². The molecule has 0 aromatic heterocycles. The molecule has 174 valence electrons. The average molecular weight is 464 g/mol. The van der Waals surface area contributed by atoms with E-state index in [0.717, 1.165) is 28.2 Å². The Morgan fingerprint density at radius 2 is 1.59 bits per heavy atom. The van der Waals surface area contributed by atoms with E-state index in [1.807, 2.05) is 26.0 Å². The summed E-state index contributed by atoms with van der Waals surface area (Å²) in [5, 5.41) is 3.03. The molecule has 0 atom stereocenters. The zero-order valence-electron chi connectivity index (χ0n) is 19.0. The lowest BCUT2D eigenvalue weighted by Gasteiger charge is -2.16. The van der Waals surface area contributed by atoms with Crippen molar-refractivity contribution in [3.05, 3.63) is 88.6 Å². The van der Waals surface area contributed by atoms with Crippen LogP contribution in [-0.2, 0) is 9.59 Å². The van der Waals surface area contributed by atoms with Crippen molar-refractivity contribution in [1.82, 2.24) is 0 Å². The number of methoxy groups -OCH3 is 2. The average Bonchev–Trinajstić information content (AvgIpc) is 3.05. The first-order valence-electron chi connectivity index (χ1n) is 10.4. The molecule has 1 aliphatic heterocycles. The number of hydrogen-bond acceptors (Lipinski definition) is 5. The number of halogens is 2. The summed E-state index contributed by atoms with van der Waals surface area (Å²) >= 11 is 0. The quantitative estimate of drug-likeness (QED) is 0.521. The highest BCUT2D eigenvalue weighted by Crippen LogP contribution is 2.38. The van der Waals surface area contributed by atoms with Crippen LogP contribution in [0.3, 0.4) is 0 Å². The number of nitrogens with zero attached hydrogens (tertiary/aromatic N) is 1. The monoisotopic (exact) mass is 464 g/mol. The first kappa shape index (κ1) is 23.0. The maximum absolute atomic E-state index is 13.9. The van der Waals surface area contributed by atoms with Gasteiger partial charge >= 0.3 is 0 Å². The van der Waals surface area contributed by atoms with Crippen LogP contribution in [0.25, 0.3) is 5.57 Å². The Labute approximate surface area is 195 Å². The lowest BCUT2D eigenvalue weighted by atomic mass is 9.97. The molecule has 0 radical (unpaired) electrons. The van der Waals surface area contributed by atoms with Crippen molar-refractivity contribution in [3.63, 3.8) is 0 Å². The molecular weight excluding hydrogens is 442 g/mol. The van der Waals surface area contributed by atoms with Gasteiger partial charge < -0.3 is 14.8 Å². The van der Waals surface area contributed by atoms with E-state index >= 15 is 0 Å². The summed E-state index contributed by atoms with van der Waals surface area (Å²) < 4.78 is 38.1. The molecule has 0 bridgehead atoms. The molecule has 0 saturated carbocycles. The fourth-order valence-electron chi connectivity index (χ4n) is 3.88. The van der Waals surface area contributed by atoms with Crippen LogP contribution in [0, 0.1) is 25.5 Å². The Kier molecular flexibility index (Phi) is 6.06. The van der Waals surface area contributed by atoms with Crippen molar-refractivity contribution in [3.8, 4) is 11.5 Å². The number of carbonyl (C=O) groups is 2. The molecule has 34 heavy (non-hydrogen) atoms. The molecular formula is C26H22F2N2O4. The van der Waals surface area contributed by atoms with Crippen LogP contribution in [0.4, 0.5) is 20.2 Å². The number of rotatable bonds is 6. The van der Waals surface area contributed by atoms with E-state index in [1.165, 1.54) is 20.3 Å². The topological polar surface area (TPSA) is 67.9 Å². The van der Waals surface area contributed by atoms with Crippen molar-refractivity contribution in [1.29, 1.82) is 0 Å². The van der Waals surface area contributed by atoms with E-state index in [0.29, 0.717) is 22.7 Å². The number of nitrogens with one attached hydrogen (secondary N) is 1. The number of anilines is 2. The summed E-state index contributed by atoms with van der Waals surface area (Å²) in [5.41, 5.74) is 2.77.